The van der Waals surface area contributed by atoms with Gasteiger partial charge in [-0.15, -0.1) is 0 Å². The van der Waals surface area contributed by atoms with Crippen LogP contribution >= 0.6 is 0 Å². The third kappa shape index (κ3) is 3.47. The molecule has 0 bridgehead atoms. The van der Waals surface area contributed by atoms with E-state index < -0.39 is 16.3 Å². The molecule has 104 valence electrons. The van der Waals surface area contributed by atoms with Crippen LogP contribution in [0.1, 0.15) is 12.8 Å². The molecule has 1 amide bonds. The van der Waals surface area contributed by atoms with E-state index in [1.807, 2.05) is 0 Å². The van der Waals surface area contributed by atoms with Gasteiger partial charge in [0, 0.05) is 19.0 Å². The molecule has 1 saturated heterocycles. The normalized spacial score (nSPS) is 22.5. The van der Waals surface area contributed by atoms with Crippen LogP contribution in [0.3, 0.4) is 0 Å². The van der Waals surface area contributed by atoms with Gasteiger partial charge >= 0.3 is 16.3 Å². The van der Waals surface area contributed by atoms with Crippen LogP contribution in [0.25, 0.3) is 0 Å². The van der Waals surface area contributed by atoms with E-state index in [1.165, 1.54) is 0 Å². The molecule has 0 aromatic heterocycles. The van der Waals surface area contributed by atoms with Gasteiger partial charge in [-0.25, -0.2) is 9.52 Å². The summed E-state index contributed by atoms with van der Waals surface area (Å²) in [6.45, 7) is 0.323. The van der Waals surface area contributed by atoms with Gasteiger partial charge in [0.25, 0.3) is 0 Å². The third-order valence-electron chi connectivity index (χ3n) is 2.66. The van der Waals surface area contributed by atoms with Gasteiger partial charge in [-0.2, -0.15) is 12.7 Å². The van der Waals surface area contributed by atoms with Crippen LogP contribution in [-0.2, 0) is 14.9 Å². The van der Waals surface area contributed by atoms with Crippen molar-refractivity contribution in [3.05, 3.63) is 0 Å². The zero-order valence-corrected chi connectivity index (χ0v) is 10.7. The lowest BCUT2D eigenvalue weighted by molar-refractivity contribution is 0.176. The molecule has 0 aromatic rings. The number of carbonyl (C=O) groups is 1. The molecule has 0 radical (unpaired) electrons. The second kappa shape index (κ2) is 5.87. The molecule has 4 N–H and O–H groups in total. The number of rotatable bonds is 3. The van der Waals surface area contributed by atoms with Crippen LogP contribution in [0, 0.1) is 5.92 Å². The fraction of sp³-hybridized carbons (Fsp3) is 0.750. The molecule has 0 spiro atoms. The van der Waals surface area contributed by atoms with Crippen molar-refractivity contribution in [2.45, 2.75) is 12.8 Å². The number of ether oxygens (including phenoxy) is 1. The van der Waals surface area contributed by atoms with E-state index >= 15 is 0 Å². The van der Waals surface area contributed by atoms with Crippen molar-refractivity contribution < 1.29 is 23.2 Å². The lowest BCUT2D eigenvalue weighted by Gasteiger charge is -2.30. The van der Waals surface area contributed by atoms with Gasteiger partial charge in [-0.1, -0.05) is 5.16 Å². The van der Waals surface area contributed by atoms with Gasteiger partial charge in [-0.05, 0) is 12.8 Å². The zero-order chi connectivity index (χ0) is 13.8. The van der Waals surface area contributed by atoms with Crippen LogP contribution in [-0.4, -0.2) is 50.1 Å². The number of nitrogens with one attached hydrogen (secondary N) is 1. The smallest absolute Gasteiger partial charge is 0.421 e. The summed E-state index contributed by atoms with van der Waals surface area (Å²) in [4.78, 5) is 10.9. The number of piperidine rings is 1. The molecule has 1 atom stereocenters. The van der Waals surface area contributed by atoms with E-state index in [2.05, 4.69) is 9.89 Å². The summed E-state index contributed by atoms with van der Waals surface area (Å²) in [6.07, 6.45) is 0.129. The Hall–Kier alpha value is -1.55. The van der Waals surface area contributed by atoms with Gasteiger partial charge < -0.3 is 15.7 Å². The Labute approximate surface area is 105 Å². The SMILES string of the molecule is COC(=O)NS(=O)(=O)N1CCCC(C(N)=NO)C1. The lowest BCUT2D eigenvalue weighted by atomic mass is 9.99. The van der Waals surface area contributed by atoms with Crippen molar-refractivity contribution in [3.8, 4) is 0 Å². The minimum atomic E-state index is -3.95. The summed E-state index contributed by atoms with van der Waals surface area (Å²) in [5.74, 6) is -0.383. The van der Waals surface area contributed by atoms with Crippen LogP contribution in [0.2, 0.25) is 0 Å². The summed E-state index contributed by atoms with van der Waals surface area (Å²) >= 11 is 0. The van der Waals surface area contributed by atoms with E-state index in [-0.39, 0.29) is 24.8 Å². The van der Waals surface area contributed by atoms with Crippen molar-refractivity contribution in [1.82, 2.24) is 9.03 Å². The van der Waals surface area contributed by atoms with E-state index in [0.717, 1.165) is 11.4 Å². The number of hydrogen-bond donors (Lipinski definition) is 3. The molecule has 1 rings (SSSR count). The maximum absolute atomic E-state index is 11.8. The Balaban J connectivity index is 2.74. The Morgan fingerprint density at radius 1 is 1.61 bits per heavy atom. The first kappa shape index (κ1) is 14.5. The minimum Gasteiger partial charge on any atom is -0.452 e. The highest BCUT2D eigenvalue weighted by Gasteiger charge is 2.32. The lowest BCUT2D eigenvalue weighted by Crippen LogP contribution is -2.49. The Kier molecular flexibility index (Phi) is 4.73. The quantitative estimate of drug-likeness (QED) is 0.264. The zero-order valence-electron chi connectivity index (χ0n) is 9.87. The van der Waals surface area contributed by atoms with E-state index in [4.69, 9.17) is 10.9 Å². The fourth-order valence-electron chi connectivity index (χ4n) is 1.70. The van der Waals surface area contributed by atoms with Crippen LogP contribution < -0.4 is 10.5 Å². The number of nitrogens with two attached hydrogens (primary N) is 1. The monoisotopic (exact) mass is 280 g/mol. The molecule has 1 aliphatic rings. The molecule has 0 aromatic carbocycles. The van der Waals surface area contributed by atoms with E-state index in [1.54, 1.807) is 4.72 Å². The third-order valence-corrected chi connectivity index (χ3v) is 4.09. The molecule has 1 heterocycles. The van der Waals surface area contributed by atoms with Crippen molar-refractivity contribution in [2.24, 2.45) is 16.8 Å². The highest BCUT2D eigenvalue weighted by atomic mass is 32.2. The molecule has 9 nitrogen and oxygen atoms in total. The molecule has 1 fully saturated rings. The number of methoxy groups -OCH3 is 1. The first-order valence-electron chi connectivity index (χ1n) is 5.24. The number of nitrogens with zero attached hydrogens (tertiary/aromatic N) is 2. The molecule has 1 aliphatic heterocycles. The number of carbonyl (C=O) groups excluding carboxylic acids is 1. The highest BCUT2D eigenvalue weighted by molar-refractivity contribution is 7.87. The molecule has 0 aliphatic carbocycles. The Morgan fingerprint density at radius 2 is 2.28 bits per heavy atom. The van der Waals surface area contributed by atoms with Crippen LogP contribution in [0.5, 0.6) is 0 Å². The summed E-state index contributed by atoms with van der Waals surface area (Å²) in [6, 6.07) is 0. The summed E-state index contributed by atoms with van der Waals surface area (Å²) < 4.78 is 30.6. The Morgan fingerprint density at radius 3 is 2.83 bits per heavy atom. The van der Waals surface area contributed by atoms with Gasteiger partial charge in [0.05, 0.1) is 7.11 Å². The van der Waals surface area contributed by atoms with Crippen LogP contribution in [0.15, 0.2) is 5.16 Å². The minimum absolute atomic E-state index is 0.0204. The first-order valence-corrected chi connectivity index (χ1v) is 6.68. The van der Waals surface area contributed by atoms with Gasteiger partial charge in [0.2, 0.25) is 0 Å². The van der Waals surface area contributed by atoms with Crippen molar-refractivity contribution >= 4 is 22.1 Å². The molecule has 18 heavy (non-hydrogen) atoms. The number of amides is 1. The van der Waals surface area contributed by atoms with Gasteiger partial charge in [0.15, 0.2) is 0 Å². The van der Waals surface area contributed by atoms with Crippen molar-refractivity contribution in [1.29, 1.82) is 0 Å². The van der Waals surface area contributed by atoms with Crippen molar-refractivity contribution in [2.75, 3.05) is 20.2 Å². The molecule has 10 heteroatoms. The average Bonchev–Trinajstić information content (AvgIpc) is 2.37. The number of hydrogen-bond acceptors (Lipinski definition) is 6. The number of oxime groups is 1. The predicted molar refractivity (Wildman–Crippen MR) is 62.2 cm³/mol. The largest absolute Gasteiger partial charge is 0.452 e. The topological polar surface area (TPSA) is 134 Å². The van der Waals surface area contributed by atoms with Crippen LogP contribution in [0.4, 0.5) is 4.79 Å². The number of amidine groups is 1. The van der Waals surface area contributed by atoms with Gasteiger partial charge in [0.1, 0.15) is 5.84 Å². The molecular formula is C8H16N4O5S. The van der Waals surface area contributed by atoms with E-state index in [9.17, 15) is 13.2 Å². The highest BCUT2D eigenvalue weighted by Crippen LogP contribution is 2.18. The maximum atomic E-state index is 11.8. The summed E-state index contributed by atoms with van der Waals surface area (Å²) in [7, 11) is -2.88. The predicted octanol–water partition coefficient (Wildman–Crippen LogP) is -0.954. The second-order valence-electron chi connectivity index (χ2n) is 3.82. The summed E-state index contributed by atoms with van der Waals surface area (Å²) in [5, 5.41) is 11.4. The standard InChI is InChI=1S/C8H16N4O5S/c1-17-8(13)11-18(15,16)12-4-2-3-6(5-12)7(9)10-14/h6,14H,2-5H2,1H3,(H2,9,10)(H,11,13). The second-order valence-corrected chi connectivity index (χ2v) is 5.49. The van der Waals surface area contributed by atoms with E-state index in [0.29, 0.717) is 12.8 Å². The average molecular weight is 280 g/mol. The fourth-order valence-corrected chi connectivity index (χ4v) is 2.86. The summed E-state index contributed by atoms with van der Waals surface area (Å²) in [5.41, 5.74) is 5.45. The van der Waals surface area contributed by atoms with Crippen molar-refractivity contribution in [3.63, 3.8) is 0 Å². The molecule has 0 saturated carbocycles. The molecule has 1 unspecified atom stereocenters. The van der Waals surface area contributed by atoms with Gasteiger partial charge in [-0.3, -0.25) is 0 Å². The molecular weight excluding hydrogens is 264 g/mol. The Bertz CT molecular complexity index is 435. The maximum Gasteiger partial charge on any atom is 0.421 e. The first-order chi connectivity index (χ1) is 8.40.